The number of urea groups is 1. The number of rotatable bonds is 3. The Morgan fingerprint density at radius 2 is 1.56 bits per heavy atom. The number of carbonyl (C=O) groups excluding carboxylic acids is 2. The molecule has 0 saturated carbocycles. The van der Waals surface area contributed by atoms with Gasteiger partial charge in [0.2, 0.25) is 6.17 Å². The van der Waals surface area contributed by atoms with Gasteiger partial charge in [0.15, 0.2) is 0 Å². The fourth-order valence-electron chi connectivity index (χ4n) is 4.10. The largest absolute Gasteiger partial charge is 0.321 e. The first-order valence-corrected chi connectivity index (χ1v) is 10.8. The van der Waals surface area contributed by atoms with Gasteiger partial charge < -0.3 is 15.5 Å². The highest BCUT2D eigenvalue weighted by Gasteiger charge is 2.31. The Morgan fingerprint density at radius 1 is 0.882 bits per heavy atom. The zero-order valence-electron chi connectivity index (χ0n) is 18.3. The normalized spacial score (nSPS) is 15.4. The third kappa shape index (κ3) is 3.88. The maximum Gasteiger partial charge on any atom is 0.321 e. The molecule has 4 aromatic rings. The van der Waals surface area contributed by atoms with E-state index in [2.05, 4.69) is 15.6 Å². The number of halogens is 1. The molecule has 0 radical (unpaired) electrons. The maximum absolute atomic E-state index is 14.7. The molecule has 1 atom stereocenters. The SMILES string of the molecule is CN1C(=O)C(NC(=O)Nc2cccc3ccccc23)N=C(c2ccccc2F)c2ccccc21. The van der Waals surface area contributed by atoms with Crippen molar-refractivity contribution < 1.29 is 14.0 Å². The monoisotopic (exact) mass is 452 g/mol. The molecule has 0 saturated heterocycles. The van der Waals surface area contributed by atoms with Crippen molar-refractivity contribution in [2.24, 2.45) is 4.99 Å². The van der Waals surface area contributed by atoms with Crippen LogP contribution in [-0.4, -0.2) is 30.9 Å². The van der Waals surface area contributed by atoms with Gasteiger partial charge in [0, 0.05) is 23.6 Å². The van der Waals surface area contributed by atoms with Crippen LogP contribution in [0.15, 0.2) is 96.0 Å². The van der Waals surface area contributed by atoms with Crippen molar-refractivity contribution in [1.82, 2.24) is 5.32 Å². The third-order valence-corrected chi connectivity index (χ3v) is 5.78. The molecule has 0 bridgehead atoms. The number of benzodiazepines with no additional fused rings is 1. The summed E-state index contributed by atoms with van der Waals surface area (Å²) in [6.45, 7) is 0. The fourth-order valence-corrected chi connectivity index (χ4v) is 4.10. The Balaban J connectivity index is 1.52. The number of benzene rings is 4. The van der Waals surface area contributed by atoms with E-state index in [-0.39, 0.29) is 5.56 Å². The molecule has 2 N–H and O–H groups in total. The average Bonchev–Trinajstić information content (AvgIpc) is 2.95. The van der Waals surface area contributed by atoms with Crippen LogP contribution < -0.4 is 15.5 Å². The van der Waals surface area contributed by atoms with Crippen LogP contribution >= 0.6 is 0 Å². The topological polar surface area (TPSA) is 73.8 Å². The Bertz CT molecular complexity index is 1440. The second-order valence-corrected chi connectivity index (χ2v) is 7.90. The van der Waals surface area contributed by atoms with E-state index in [0.717, 1.165) is 10.8 Å². The van der Waals surface area contributed by atoms with Crippen molar-refractivity contribution in [3.8, 4) is 0 Å². The summed E-state index contributed by atoms with van der Waals surface area (Å²) < 4.78 is 14.7. The first-order chi connectivity index (χ1) is 16.5. The summed E-state index contributed by atoms with van der Waals surface area (Å²) in [5.74, 6) is -0.904. The molecule has 0 aromatic heterocycles. The smallest absolute Gasteiger partial charge is 0.311 e. The second kappa shape index (κ2) is 8.78. The summed E-state index contributed by atoms with van der Waals surface area (Å²) in [6, 6.07) is 26.0. The van der Waals surface area contributed by atoms with Crippen LogP contribution in [0.25, 0.3) is 10.8 Å². The lowest BCUT2D eigenvalue weighted by Gasteiger charge is -2.21. The summed E-state index contributed by atoms with van der Waals surface area (Å²) in [5.41, 5.74) is 2.32. The van der Waals surface area contributed by atoms with Gasteiger partial charge in [-0.25, -0.2) is 14.2 Å². The molecule has 0 fully saturated rings. The number of amides is 3. The average molecular weight is 452 g/mol. The minimum absolute atomic E-state index is 0.249. The van der Waals surface area contributed by atoms with Gasteiger partial charge >= 0.3 is 6.03 Å². The van der Waals surface area contributed by atoms with Crippen molar-refractivity contribution >= 4 is 39.8 Å². The summed E-state index contributed by atoms with van der Waals surface area (Å²) in [6.07, 6.45) is -1.25. The number of hydrogen-bond donors (Lipinski definition) is 2. The fraction of sp³-hybridized carbons (Fsp3) is 0.0741. The molecule has 1 heterocycles. The molecule has 5 rings (SSSR count). The Kier molecular flexibility index (Phi) is 5.51. The van der Waals surface area contributed by atoms with Crippen molar-refractivity contribution in [1.29, 1.82) is 0 Å². The summed E-state index contributed by atoms with van der Waals surface area (Å²) in [7, 11) is 1.61. The first kappa shape index (κ1) is 21.3. The molecule has 4 aromatic carbocycles. The predicted molar refractivity (Wildman–Crippen MR) is 132 cm³/mol. The van der Waals surface area contributed by atoms with Gasteiger partial charge in [0.1, 0.15) is 5.82 Å². The minimum atomic E-state index is -1.25. The third-order valence-electron chi connectivity index (χ3n) is 5.78. The molecular formula is C27H21FN4O2. The number of carbonyl (C=O) groups is 2. The molecule has 1 aliphatic heterocycles. The van der Waals surface area contributed by atoms with E-state index < -0.39 is 23.9 Å². The molecular weight excluding hydrogens is 431 g/mol. The summed E-state index contributed by atoms with van der Waals surface area (Å²) in [4.78, 5) is 32.2. The van der Waals surface area contributed by atoms with Gasteiger partial charge in [-0.1, -0.05) is 66.7 Å². The summed E-state index contributed by atoms with van der Waals surface area (Å²) in [5, 5.41) is 7.31. The number of para-hydroxylation sites is 1. The lowest BCUT2D eigenvalue weighted by atomic mass is 10.00. The van der Waals surface area contributed by atoms with Crippen molar-refractivity contribution in [3.05, 3.63) is 108 Å². The molecule has 1 unspecified atom stereocenters. The van der Waals surface area contributed by atoms with Crippen molar-refractivity contribution in [2.45, 2.75) is 6.17 Å². The van der Waals surface area contributed by atoms with Gasteiger partial charge in [0.05, 0.1) is 17.1 Å². The molecule has 1 aliphatic rings. The van der Waals surface area contributed by atoms with Crippen LogP contribution in [0.2, 0.25) is 0 Å². The zero-order chi connectivity index (χ0) is 23.7. The Hall–Kier alpha value is -4.52. The van der Waals surface area contributed by atoms with Crippen LogP contribution in [0.3, 0.4) is 0 Å². The molecule has 0 aliphatic carbocycles. The van der Waals surface area contributed by atoms with Crippen LogP contribution in [0.4, 0.5) is 20.6 Å². The van der Waals surface area contributed by atoms with Crippen LogP contribution in [-0.2, 0) is 4.79 Å². The Labute approximate surface area is 195 Å². The lowest BCUT2D eigenvalue weighted by molar-refractivity contribution is -0.119. The standard InChI is InChI=1S/C27H21FN4O2/c1-32-23-16-7-5-13-20(23)24(19-12-4-6-14-21(19)28)30-25(26(32)33)31-27(34)29-22-15-8-10-17-9-2-3-11-18(17)22/h2-16,25H,1H3,(H2,29,31,34). The van der Waals surface area contributed by atoms with E-state index in [4.69, 9.17) is 0 Å². The van der Waals surface area contributed by atoms with Crippen LogP contribution in [0.1, 0.15) is 11.1 Å². The minimum Gasteiger partial charge on any atom is -0.311 e. The second-order valence-electron chi connectivity index (χ2n) is 7.90. The summed E-state index contributed by atoms with van der Waals surface area (Å²) >= 11 is 0. The number of likely N-dealkylation sites (N-methyl/N-ethyl adjacent to an activating group) is 1. The number of aliphatic imine (C=N–C) groups is 1. The highest BCUT2D eigenvalue weighted by molar-refractivity contribution is 6.20. The van der Waals surface area contributed by atoms with Crippen LogP contribution in [0, 0.1) is 5.82 Å². The molecule has 168 valence electrons. The quantitative estimate of drug-likeness (QED) is 0.462. The van der Waals surface area contributed by atoms with E-state index in [1.165, 1.54) is 11.0 Å². The van der Waals surface area contributed by atoms with Gasteiger partial charge in [-0.3, -0.25) is 4.79 Å². The highest BCUT2D eigenvalue weighted by Crippen LogP contribution is 2.28. The number of anilines is 2. The van der Waals surface area contributed by atoms with E-state index >= 15 is 0 Å². The molecule has 7 heteroatoms. The zero-order valence-corrected chi connectivity index (χ0v) is 18.3. The predicted octanol–water partition coefficient (Wildman–Crippen LogP) is 4.94. The Morgan fingerprint density at radius 3 is 2.38 bits per heavy atom. The van der Waals surface area contributed by atoms with Gasteiger partial charge in [-0.05, 0) is 29.7 Å². The van der Waals surface area contributed by atoms with E-state index in [0.29, 0.717) is 22.6 Å². The van der Waals surface area contributed by atoms with E-state index in [9.17, 15) is 14.0 Å². The number of nitrogens with one attached hydrogen (secondary N) is 2. The number of fused-ring (bicyclic) bond motifs is 2. The van der Waals surface area contributed by atoms with Gasteiger partial charge in [-0.2, -0.15) is 0 Å². The van der Waals surface area contributed by atoms with Crippen molar-refractivity contribution in [2.75, 3.05) is 17.3 Å². The van der Waals surface area contributed by atoms with Crippen molar-refractivity contribution in [3.63, 3.8) is 0 Å². The maximum atomic E-state index is 14.7. The number of hydrogen-bond acceptors (Lipinski definition) is 3. The van der Waals surface area contributed by atoms with E-state index in [1.54, 1.807) is 55.6 Å². The molecule has 6 nitrogen and oxygen atoms in total. The van der Waals surface area contributed by atoms with Gasteiger partial charge in [0.25, 0.3) is 5.91 Å². The lowest BCUT2D eigenvalue weighted by Crippen LogP contribution is -2.47. The highest BCUT2D eigenvalue weighted by atomic mass is 19.1. The first-order valence-electron chi connectivity index (χ1n) is 10.8. The van der Waals surface area contributed by atoms with E-state index in [1.807, 2.05) is 36.4 Å². The molecule has 3 amide bonds. The molecule has 0 spiro atoms. The van der Waals surface area contributed by atoms with Crippen LogP contribution in [0.5, 0.6) is 0 Å². The number of nitrogens with zero attached hydrogens (tertiary/aromatic N) is 2. The molecule has 34 heavy (non-hydrogen) atoms. The van der Waals surface area contributed by atoms with Gasteiger partial charge in [-0.15, -0.1) is 0 Å².